The van der Waals surface area contributed by atoms with Crippen LogP contribution in [-0.4, -0.2) is 5.94 Å². The minimum atomic E-state index is 0.300. The first-order valence-corrected chi connectivity index (χ1v) is 11.3. The van der Waals surface area contributed by atoms with E-state index in [1.165, 1.54) is 78.3 Å². The van der Waals surface area contributed by atoms with Crippen LogP contribution in [0.2, 0.25) is 0 Å². The highest BCUT2D eigenvalue weighted by atomic mass is 16.1. The number of rotatable bonds is 3. The molecule has 0 N–H and O–H groups in total. The molecular formula is C27H30O. The molecule has 0 heterocycles. The lowest BCUT2D eigenvalue weighted by Crippen LogP contribution is -2.16. The van der Waals surface area contributed by atoms with Crippen molar-refractivity contribution in [3.63, 3.8) is 0 Å². The van der Waals surface area contributed by atoms with E-state index in [-0.39, 0.29) is 0 Å². The highest BCUT2D eigenvalue weighted by molar-refractivity contribution is 5.79. The first-order valence-electron chi connectivity index (χ1n) is 11.3. The van der Waals surface area contributed by atoms with Gasteiger partial charge in [-0.25, -0.2) is 4.79 Å². The third kappa shape index (κ3) is 3.16. The van der Waals surface area contributed by atoms with Crippen LogP contribution in [0.5, 0.6) is 0 Å². The van der Waals surface area contributed by atoms with Crippen molar-refractivity contribution < 1.29 is 4.79 Å². The summed E-state index contributed by atoms with van der Waals surface area (Å²) in [6, 6.07) is 13.6. The summed E-state index contributed by atoms with van der Waals surface area (Å²) >= 11 is 0. The summed E-state index contributed by atoms with van der Waals surface area (Å²) in [4.78, 5) is 11.8. The molecule has 1 heteroatoms. The summed E-state index contributed by atoms with van der Waals surface area (Å²) in [6.07, 6.45) is 13.6. The van der Waals surface area contributed by atoms with Gasteiger partial charge in [-0.2, -0.15) is 0 Å². The first kappa shape index (κ1) is 18.0. The maximum atomic E-state index is 11.8. The van der Waals surface area contributed by atoms with E-state index >= 15 is 0 Å². The summed E-state index contributed by atoms with van der Waals surface area (Å²) in [6.45, 7) is 0. The molecule has 0 amide bonds. The fourth-order valence-corrected chi connectivity index (χ4v) is 6.05. The van der Waals surface area contributed by atoms with Gasteiger partial charge in [0.15, 0.2) is 0 Å². The molecule has 0 aliphatic heterocycles. The quantitative estimate of drug-likeness (QED) is 0.464. The van der Waals surface area contributed by atoms with Crippen LogP contribution in [0.15, 0.2) is 42.0 Å². The molecule has 2 aromatic carbocycles. The van der Waals surface area contributed by atoms with Crippen molar-refractivity contribution in [2.75, 3.05) is 0 Å². The lowest BCUT2D eigenvalue weighted by molar-refractivity contribution is 0.355. The zero-order chi connectivity index (χ0) is 18.9. The minimum Gasteiger partial charge on any atom is -0.234 e. The predicted molar refractivity (Wildman–Crippen MR) is 115 cm³/mol. The smallest absolute Gasteiger partial charge is 0.124 e. The van der Waals surface area contributed by atoms with Gasteiger partial charge in [0.1, 0.15) is 5.94 Å². The Bertz CT molecular complexity index is 925. The van der Waals surface area contributed by atoms with Crippen molar-refractivity contribution in [3.05, 3.63) is 64.2 Å². The van der Waals surface area contributed by atoms with Gasteiger partial charge in [0, 0.05) is 11.5 Å². The topological polar surface area (TPSA) is 17.1 Å². The molecule has 0 saturated heterocycles. The maximum absolute atomic E-state index is 11.8. The molecule has 2 saturated carbocycles. The molecule has 144 valence electrons. The molecule has 2 aromatic rings. The Morgan fingerprint density at radius 3 is 2.54 bits per heavy atom. The van der Waals surface area contributed by atoms with Crippen LogP contribution in [-0.2, 0) is 17.6 Å². The van der Waals surface area contributed by atoms with Gasteiger partial charge in [0.2, 0.25) is 0 Å². The number of fused-ring (bicyclic) bond motifs is 3. The number of hydrogen-bond acceptors (Lipinski definition) is 1. The fraction of sp³-hybridized carbons (Fsp3) is 0.481. The van der Waals surface area contributed by atoms with E-state index in [0.29, 0.717) is 5.92 Å². The second kappa shape index (κ2) is 7.72. The normalized spacial score (nSPS) is 21.9. The Kier molecular flexibility index (Phi) is 4.95. The molecule has 2 fully saturated rings. The summed E-state index contributed by atoms with van der Waals surface area (Å²) < 4.78 is 0. The molecule has 28 heavy (non-hydrogen) atoms. The van der Waals surface area contributed by atoms with Crippen LogP contribution in [0.1, 0.15) is 86.0 Å². The molecular weight excluding hydrogens is 340 g/mol. The van der Waals surface area contributed by atoms with Crippen molar-refractivity contribution in [2.45, 2.75) is 76.5 Å². The average molecular weight is 371 g/mol. The summed E-state index contributed by atoms with van der Waals surface area (Å²) in [5.41, 5.74) is 9.83. The minimum absolute atomic E-state index is 0.300. The summed E-state index contributed by atoms with van der Waals surface area (Å²) in [5.74, 6) is 3.48. The standard InChI is InChI=1S/C27H30O/c28-18-22-11-5-7-13-24(22)27-21(16-19-8-2-1-3-9-19)14-15-25-23-12-6-4-10-20(23)17-26(25)27/h4,6,10,12,14-15,19,24H,1-3,5,7-9,11,13,16-17H2. The highest BCUT2D eigenvalue weighted by Gasteiger charge is 2.31. The van der Waals surface area contributed by atoms with Gasteiger partial charge in [0.25, 0.3) is 0 Å². The molecule has 1 atom stereocenters. The average Bonchev–Trinajstić information content (AvgIpc) is 3.13. The Balaban J connectivity index is 1.61. The zero-order valence-corrected chi connectivity index (χ0v) is 16.8. The van der Waals surface area contributed by atoms with Gasteiger partial charge < -0.3 is 0 Å². The Morgan fingerprint density at radius 1 is 0.857 bits per heavy atom. The van der Waals surface area contributed by atoms with E-state index in [1.54, 1.807) is 0 Å². The molecule has 0 bridgehead atoms. The monoisotopic (exact) mass is 370 g/mol. The predicted octanol–water partition coefficient (Wildman–Crippen LogP) is 6.80. The van der Waals surface area contributed by atoms with Gasteiger partial charge in [-0.3, -0.25) is 0 Å². The second-order valence-electron chi connectivity index (χ2n) is 9.13. The van der Waals surface area contributed by atoms with Crippen molar-refractivity contribution in [1.29, 1.82) is 0 Å². The van der Waals surface area contributed by atoms with E-state index < -0.39 is 0 Å². The molecule has 1 unspecified atom stereocenters. The SMILES string of the molecule is O=C=C1CCCCC1c1c(CC2CCCCC2)ccc2c1Cc1ccccc1-2. The van der Waals surface area contributed by atoms with Crippen LogP contribution in [0.3, 0.4) is 0 Å². The molecule has 0 aromatic heterocycles. The Hall–Kier alpha value is -2.11. The van der Waals surface area contributed by atoms with Crippen molar-refractivity contribution in [2.24, 2.45) is 5.92 Å². The third-order valence-corrected chi connectivity index (χ3v) is 7.44. The number of hydrogen-bond donors (Lipinski definition) is 0. The van der Waals surface area contributed by atoms with E-state index in [0.717, 1.165) is 37.2 Å². The number of carbonyl (C=O) groups excluding carboxylic acids is 1. The molecule has 0 radical (unpaired) electrons. The summed E-state index contributed by atoms with van der Waals surface area (Å²) in [5, 5.41) is 0. The van der Waals surface area contributed by atoms with Gasteiger partial charge in [-0.15, -0.1) is 0 Å². The van der Waals surface area contributed by atoms with Gasteiger partial charge in [-0.1, -0.05) is 74.9 Å². The second-order valence-corrected chi connectivity index (χ2v) is 9.13. The third-order valence-electron chi connectivity index (χ3n) is 7.44. The van der Waals surface area contributed by atoms with Crippen LogP contribution in [0.25, 0.3) is 11.1 Å². The van der Waals surface area contributed by atoms with Crippen LogP contribution < -0.4 is 0 Å². The summed E-state index contributed by atoms with van der Waals surface area (Å²) in [7, 11) is 0. The molecule has 5 rings (SSSR count). The number of allylic oxidation sites excluding steroid dienone is 1. The lowest BCUT2D eigenvalue weighted by atomic mass is 9.74. The van der Waals surface area contributed by atoms with Gasteiger partial charge >= 0.3 is 0 Å². The zero-order valence-electron chi connectivity index (χ0n) is 16.8. The van der Waals surface area contributed by atoms with Gasteiger partial charge in [0.05, 0.1) is 0 Å². The maximum Gasteiger partial charge on any atom is 0.124 e. The van der Waals surface area contributed by atoms with E-state index in [4.69, 9.17) is 0 Å². The molecule has 0 spiro atoms. The Labute approximate surface area is 168 Å². The van der Waals surface area contributed by atoms with E-state index in [9.17, 15) is 4.79 Å². The Morgan fingerprint density at radius 2 is 1.68 bits per heavy atom. The first-order chi connectivity index (χ1) is 13.8. The lowest BCUT2D eigenvalue weighted by Gasteiger charge is -2.30. The molecule has 3 aliphatic carbocycles. The van der Waals surface area contributed by atoms with E-state index in [2.05, 4.69) is 42.3 Å². The van der Waals surface area contributed by atoms with Crippen LogP contribution >= 0.6 is 0 Å². The molecule has 1 nitrogen and oxygen atoms in total. The van der Waals surface area contributed by atoms with Crippen LogP contribution in [0.4, 0.5) is 0 Å². The molecule has 3 aliphatic rings. The van der Waals surface area contributed by atoms with Gasteiger partial charge in [-0.05, 0) is 71.4 Å². The van der Waals surface area contributed by atoms with Crippen molar-refractivity contribution in [3.8, 4) is 11.1 Å². The van der Waals surface area contributed by atoms with Crippen molar-refractivity contribution in [1.82, 2.24) is 0 Å². The van der Waals surface area contributed by atoms with Crippen molar-refractivity contribution >= 4 is 5.94 Å². The number of benzene rings is 2. The van der Waals surface area contributed by atoms with Crippen LogP contribution in [0, 0.1) is 5.92 Å². The largest absolute Gasteiger partial charge is 0.234 e. The fourth-order valence-electron chi connectivity index (χ4n) is 6.05. The van der Waals surface area contributed by atoms with E-state index in [1.807, 2.05) is 0 Å². The highest BCUT2D eigenvalue weighted by Crippen LogP contribution is 2.47.